The number of pyridine rings is 1. The molecule has 0 aliphatic carbocycles. The molecular weight excluding hydrogens is 281 g/mol. The van der Waals surface area contributed by atoms with Crippen LogP contribution in [0, 0.1) is 0 Å². The number of hydrogen-bond donors (Lipinski definition) is 1. The first-order chi connectivity index (χ1) is 8.67. The van der Waals surface area contributed by atoms with Crippen molar-refractivity contribution in [3.63, 3.8) is 0 Å². The summed E-state index contributed by atoms with van der Waals surface area (Å²) in [6, 6.07) is 6.68. The van der Waals surface area contributed by atoms with Crippen molar-refractivity contribution in [1.82, 2.24) is 4.98 Å². The van der Waals surface area contributed by atoms with E-state index in [1.165, 1.54) is 18.2 Å². The zero-order valence-electron chi connectivity index (χ0n) is 9.69. The van der Waals surface area contributed by atoms with E-state index >= 15 is 0 Å². The summed E-state index contributed by atoms with van der Waals surface area (Å²) in [6.45, 7) is 0. The zero-order chi connectivity index (χ0) is 14.3. The number of halogens is 3. The van der Waals surface area contributed by atoms with E-state index < -0.39 is 21.9 Å². The van der Waals surface area contributed by atoms with Crippen LogP contribution in [-0.4, -0.2) is 19.7 Å². The molecule has 4 nitrogen and oxygen atoms in total. The van der Waals surface area contributed by atoms with Gasteiger partial charge in [-0.1, -0.05) is 18.2 Å². The summed E-state index contributed by atoms with van der Waals surface area (Å²) in [7, 11) is -3.68. The average molecular weight is 290 g/mol. The van der Waals surface area contributed by atoms with Crippen molar-refractivity contribution in [3.8, 4) is 0 Å². The fourth-order valence-corrected chi connectivity index (χ4v) is 2.17. The lowest BCUT2D eigenvalue weighted by atomic mass is 10.1. The van der Waals surface area contributed by atoms with E-state index in [1.54, 1.807) is 6.07 Å². The third-order valence-corrected chi connectivity index (χ3v) is 2.89. The minimum atomic E-state index is -4.64. The minimum absolute atomic E-state index is 0.0727. The second-order valence-corrected chi connectivity index (χ2v) is 5.69. The monoisotopic (exact) mass is 290 g/mol. The molecule has 19 heavy (non-hydrogen) atoms. The number of anilines is 1. The average Bonchev–Trinajstić information content (AvgIpc) is 2.25. The smallest absolute Gasteiger partial charge is 0.283 e. The van der Waals surface area contributed by atoms with E-state index in [0.717, 1.165) is 6.26 Å². The molecule has 0 amide bonds. The van der Waals surface area contributed by atoms with Crippen LogP contribution < -0.4 is 4.72 Å². The van der Waals surface area contributed by atoms with Gasteiger partial charge in [0.2, 0.25) is 10.0 Å². The van der Waals surface area contributed by atoms with Crippen molar-refractivity contribution in [2.24, 2.45) is 0 Å². The SMILES string of the molecule is CS(=O)(=O)Nc1cc(C(F)(F)F)nc2ccccc12. The summed E-state index contributed by atoms with van der Waals surface area (Å²) < 4.78 is 62.5. The van der Waals surface area contributed by atoms with Gasteiger partial charge >= 0.3 is 6.18 Å². The number of fused-ring (bicyclic) bond motifs is 1. The molecule has 1 N–H and O–H groups in total. The third-order valence-electron chi connectivity index (χ3n) is 2.30. The summed E-state index contributed by atoms with van der Waals surface area (Å²) in [6.07, 6.45) is -3.77. The summed E-state index contributed by atoms with van der Waals surface area (Å²) in [5, 5.41) is 0.306. The summed E-state index contributed by atoms with van der Waals surface area (Å²) in [5.74, 6) is 0. The van der Waals surface area contributed by atoms with Crippen LogP contribution in [0.3, 0.4) is 0 Å². The number of nitrogens with one attached hydrogen (secondary N) is 1. The molecule has 0 radical (unpaired) electrons. The van der Waals surface area contributed by atoms with Gasteiger partial charge in [-0.25, -0.2) is 13.4 Å². The lowest BCUT2D eigenvalue weighted by molar-refractivity contribution is -0.140. The topological polar surface area (TPSA) is 59.1 Å². The van der Waals surface area contributed by atoms with Gasteiger partial charge in [0.1, 0.15) is 5.69 Å². The highest BCUT2D eigenvalue weighted by molar-refractivity contribution is 7.92. The quantitative estimate of drug-likeness (QED) is 0.925. The van der Waals surface area contributed by atoms with Crippen molar-refractivity contribution >= 4 is 26.6 Å². The van der Waals surface area contributed by atoms with Crippen LogP contribution >= 0.6 is 0 Å². The summed E-state index contributed by atoms with van der Waals surface area (Å²) >= 11 is 0. The fourth-order valence-electron chi connectivity index (χ4n) is 1.60. The largest absolute Gasteiger partial charge is 0.433 e. The standard InChI is InChI=1S/C11H9F3N2O2S/c1-19(17,18)16-9-6-10(11(12,13)14)15-8-5-3-2-4-7(8)9/h2-6H,1H3,(H,15,16). The Morgan fingerprint density at radius 1 is 1.21 bits per heavy atom. The second kappa shape index (κ2) is 4.37. The van der Waals surface area contributed by atoms with Gasteiger partial charge in [-0.3, -0.25) is 4.72 Å². The van der Waals surface area contributed by atoms with Gasteiger partial charge in [0.15, 0.2) is 0 Å². The maximum absolute atomic E-state index is 12.7. The van der Waals surface area contributed by atoms with Crippen LogP contribution in [0.2, 0.25) is 0 Å². The van der Waals surface area contributed by atoms with Gasteiger partial charge in [0.25, 0.3) is 0 Å². The fraction of sp³-hybridized carbons (Fsp3) is 0.182. The van der Waals surface area contributed by atoms with Crippen LogP contribution in [0.1, 0.15) is 5.69 Å². The van der Waals surface area contributed by atoms with Crippen LogP contribution in [0.4, 0.5) is 18.9 Å². The maximum atomic E-state index is 12.7. The number of rotatable bonds is 2. The van der Waals surface area contributed by atoms with Gasteiger partial charge < -0.3 is 0 Å². The molecule has 0 unspecified atom stereocenters. The van der Waals surface area contributed by atoms with Crippen molar-refractivity contribution in [1.29, 1.82) is 0 Å². The number of sulfonamides is 1. The van der Waals surface area contributed by atoms with Gasteiger partial charge in [0.05, 0.1) is 17.5 Å². The number of benzene rings is 1. The lowest BCUT2D eigenvalue weighted by Gasteiger charge is -2.12. The Labute approximate surface area is 107 Å². The van der Waals surface area contributed by atoms with Crippen molar-refractivity contribution in [2.75, 3.05) is 11.0 Å². The van der Waals surface area contributed by atoms with Crippen molar-refractivity contribution in [3.05, 3.63) is 36.0 Å². The number of hydrogen-bond acceptors (Lipinski definition) is 3. The highest BCUT2D eigenvalue weighted by Gasteiger charge is 2.33. The van der Waals surface area contributed by atoms with Crippen LogP contribution in [0.25, 0.3) is 10.9 Å². The Kier molecular flexibility index (Phi) is 3.13. The van der Waals surface area contributed by atoms with Gasteiger partial charge in [-0.05, 0) is 12.1 Å². The van der Waals surface area contributed by atoms with E-state index in [0.29, 0.717) is 11.5 Å². The Balaban J connectivity index is 2.72. The van der Waals surface area contributed by atoms with E-state index in [2.05, 4.69) is 9.71 Å². The molecule has 0 saturated heterocycles. The molecule has 1 heterocycles. The van der Waals surface area contributed by atoms with Crippen molar-refractivity contribution < 1.29 is 21.6 Å². The second-order valence-electron chi connectivity index (χ2n) is 3.94. The summed E-state index contributed by atoms with van der Waals surface area (Å²) in [5.41, 5.74) is -1.21. The molecule has 0 bridgehead atoms. The molecule has 1 aromatic carbocycles. The Morgan fingerprint density at radius 3 is 2.42 bits per heavy atom. The highest BCUT2D eigenvalue weighted by Crippen LogP contribution is 2.33. The molecule has 102 valence electrons. The number of alkyl halides is 3. The number of aromatic nitrogens is 1. The minimum Gasteiger partial charge on any atom is -0.283 e. The molecule has 0 fully saturated rings. The highest BCUT2D eigenvalue weighted by atomic mass is 32.2. The van der Waals surface area contributed by atoms with Crippen LogP contribution in [-0.2, 0) is 16.2 Å². The normalized spacial score (nSPS) is 12.6. The first-order valence-corrected chi connectivity index (χ1v) is 7.01. The zero-order valence-corrected chi connectivity index (χ0v) is 10.5. The molecule has 0 aliphatic rings. The van der Waals surface area contributed by atoms with Crippen LogP contribution in [0.15, 0.2) is 30.3 Å². The molecule has 0 spiro atoms. The van der Waals surface area contributed by atoms with Crippen molar-refractivity contribution in [2.45, 2.75) is 6.18 Å². The Hall–Kier alpha value is -1.83. The van der Waals surface area contributed by atoms with Gasteiger partial charge in [-0.15, -0.1) is 0 Å². The first kappa shape index (κ1) is 13.6. The molecule has 0 atom stereocenters. The van der Waals surface area contributed by atoms with E-state index in [1.807, 2.05) is 0 Å². The molecule has 1 aromatic heterocycles. The third kappa shape index (κ3) is 3.14. The summed E-state index contributed by atoms with van der Waals surface area (Å²) in [4.78, 5) is 3.48. The predicted molar refractivity (Wildman–Crippen MR) is 65.2 cm³/mol. The van der Waals surface area contributed by atoms with E-state index in [4.69, 9.17) is 0 Å². The number of para-hydroxylation sites is 1. The predicted octanol–water partition coefficient (Wildman–Crippen LogP) is 2.63. The Morgan fingerprint density at radius 2 is 1.84 bits per heavy atom. The van der Waals surface area contributed by atoms with Gasteiger partial charge in [-0.2, -0.15) is 13.2 Å². The molecule has 2 rings (SSSR count). The maximum Gasteiger partial charge on any atom is 0.433 e. The Bertz CT molecular complexity index is 726. The molecule has 0 aliphatic heterocycles. The van der Waals surface area contributed by atoms with E-state index in [-0.39, 0.29) is 11.2 Å². The molecule has 2 aromatic rings. The molecular formula is C11H9F3N2O2S. The lowest BCUT2D eigenvalue weighted by Crippen LogP contribution is -2.13. The van der Waals surface area contributed by atoms with E-state index in [9.17, 15) is 21.6 Å². The number of nitrogens with zero attached hydrogens (tertiary/aromatic N) is 1. The first-order valence-electron chi connectivity index (χ1n) is 5.11. The molecule has 8 heteroatoms. The van der Waals surface area contributed by atoms with Gasteiger partial charge in [0, 0.05) is 5.39 Å². The van der Waals surface area contributed by atoms with Crippen LogP contribution in [0.5, 0.6) is 0 Å². The molecule has 0 saturated carbocycles.